The minimum atomic E-state index is -1.28. The number of carboxylic acids is 1. The van der Waals surface area contributed by atoms with Gasteiger partial charge < -0.3 is 9.52 Å². The zero-order valence-corrected chi connectivity index (χ0v) is 18.3. The van der Waals surface area contributed by atoms with E-state index in [9.17, 15) is 19.5 Å². The van der Waals surface area contributed by atoms with Crippen LogP contribution in [0.2, 0.25) is 0 Å². The van der Waals surface area contributed by atoms with Crippen LogP contribution >= 0.6 is 11.3 Å². The molecule has 4 heterocycles. The fourth-order valence-electron chi connectivity index (χ4n) is 3.88. The minimum absolute atomic E-state index is 0.184. The van der Waals surface area contributed by atoms with Crippen molar-refractivity contribution < 1.29 is 19.1 Å². The van der Waals surface area contributed by atoms with Crippen molar-refractivity contribution in [2.45, 2.75) is 25.9 Å². The molecule has 0 spiro atoms. The lowest BCUT2D eigenvalue weighted by molar-refractivity contribution is -0.133. The van der Waals surface area contributed by atoms with E-state index in [1.807, 2.05) is 36.6 Å². The molecule has 1 amide bonds. The maximum absolute atomic E-state index is 13.3. The van der Waals surface area contributed by atoms with Gasteiger partial charge in [0.05, 0.1) is 11.4 Å². The molecular formula is C23H18N4O5S. The molecule has 0 unspecified atom stereocenters. The molecule has 0 radical (unpaired) electrons. The number of thiophene rings is 1. The van der Waals surface area contributed by atoms with Crippen molar-refractivity contribution in [1.29, 1.82) is 0 Å². The number of benzene rings is 1. The van der Waals surface area contributed by atoms with E-state index >= 15 is 0 Å². The average Bonchev–Trinajstić information content (AvgIpc) is 3.55. The van der Waals surface area contributed by atoms with Crippen LogP contribution in [0.4, 0.5) is 0 Å². The lowest BCUT2D eigenvalue weighted by Gasteiger charge is -2.21. The Kier molecular flexibility index (Phi) is 5.14. The van der Waals surface area contributed by atoms with Crippen LogP contribution < -0.4 is 5.56 Å². The second-order valence-electron chi connectivity index (χ2n) is 7.59. The van der Waals surface area contributed by atoms with Gasteiger partial charge in [-0.15, -0.1) is 11.3 Å². The number of carboxylic acid groups (broad SMARTS) is 1. The molecule has 0 bridgehead atoms. The Morgan fingerprint density at radius 2 is 1.94 bits per heavy atom. The van der Waals surface area contributed by atoms with Gasteiger partial charge in [0.25, 0.3) is 11.5 Å². The normalized spacial score (nSPS) is 15.7. The summed E-state index contributed by atoms with van der Waals surface area (Å²) in [5.41, 5.74) is -0.203. The highest BCUT2D eigenvalue weighted by molar-refractivity contribution is 7.10. The number of aryl methyl sites for hydroxylation is 1. The first-order valence-electron chi connectivity index (χ1n) is 10.2. The van der Waals surface area contributed by atoms with Crippen molar-refractivity contribution in [1.82, 2.24) is 14.8 Å². The second kappa shape index (κ2) is 8.14. The van der Waals surface area contributed by atoms with Crippen LogP contribution in [0.5, 0.6) is 0 Å². The fraction of sp³-hybridized carbons (Fsp3) is 0.174. The van der Waals surface area contributed by atoms with Gasteiger partial charge in [-0.2, -0.15) is 10.2 Å². The fourth-order valence-corrected chi connectivity index (χ4v) is 4.69. The Morgan fingerprint density at radius 1 is 1.15 bits per heavy atom. The number of rotatable bonds is 5. The Balaban J connectivity index is 1.53. The minimum Gasteiger partial charge on any atom is -0.476 e. The molecule has 4 aromatic rings. The van der Waals surface area contributed by atoms with Crippen molar-refractivity contribution in [3.8, 4) is 0 Å². The molecule has 0 saturated heterocycles. The summed E-state index contributed by atoms with van der Waals surface area (Å²) in [5.74, 6) is -0.441. The van der Waals surface area contributed by atoms with E-state index < -0.39 is 24.0 Å². The van der Waals surface area contributed by atoms with Gasteiger partial charge in [-0.3, -0.25) is 9.59 Å². The summed E-state index contributed by atoms with van der Waals surface area (Å²) in [6, 6.07) is 13.4. The van der Waals surface area contributed by atoms with Crippen LogP contribution in [-0.2, 0) is 11.3 Å². The highest BCUT2D eigenvalue weighted by Gasteiger charge is 2.35. The standard InChI is InChI=1S/C23H18N4O5S/c1-13-8-9-18(32-13)16-11-17(19-7-4-10-33-19)27(24-16)20(28)12-26-22(29)15-6-3-2-5-14(15)21(25-26)23(30)31/h2-10,17H,11-12H2,1H3,(H,30,31)/t17-/m0/s1. The van der Waals surface area contributed by atoms with E-state index in [2.05, 4.69) is 10.2 Å². The zero-order valence-electron chi connectivity index (χ0n) is 17.5. The van der Waals surface area contributed by atoms with Crippen molar-refractivity contribution in [3.63, 3.8) is 0 Å². The van der Waals surface area contributed by atoms with Gasteiger partial charge in [0.2, 0.25) is 0 Å². The molecule has 1 N–H and O–H groups in total. The second-order valence-corrected chi connectivity index (χ2v) is 8.57. The van der Waals surface area contributed by atoms with Gasteiger partial charge in [0.15, 0.2) is 5.69 Å². The Bertz CT molecular complexity index is 1470. The number of hydrazone groups is 1. The maximum atomic E-state index is 13.3. The number of hydrogen-bond donors (Lipinski definition) is 1. The Morgan fingerprint density at radius 3 is 2.61 bits per heavy atom. The third kappa shape index (κ3) is 3.74. The van der Waals surface area contributed by atoms with E-state index in [1.54, 1.807) is 12.1 Å². The van der Waals surface area contributed by atoms with E-state index in [1.165, 1.54) is 28.5 Å². The van der Waals surface area contributed by atoms with E-state index in [4.69, 9.17) is 4.42 Å². The number of furan rings is 1. The van der Waals surface area contributed by atoms with Crippen LogP contribution in [0.1, 0.15) is 39.3 Å². The van der Waals surface area contributed by atoms with E-state index in [-0.39, 0.29) is 22.5 Å². The molecule has 0 saturated carbocycles. The number of hydrogen-bond acceptors (Lipinski definition) is 7. The van der Waals surface area contributed by atoms with Crippen molar-refractivity contribution in [3.05, 3.63) is 86.4 Å². The summed E-state index contributed by atoms with van der Waals surface area (Å²) in [7, 11) is 0. The van der Waals surface area contributed by atoms with Gasteiger partial charge in [-0.05, 0) is 36.6 Å². The van der Waals surface area contributed by atoms with Gasteiger partial charge in [-0.1, -0.05) is 24.3 Å². The van der Waals surface area contributed by atoms with Gasteiger partial charge in [0.1, 0.15) is 23.8 Å². The summed E-state index contributed by atoms with van der Waals surface area (Å²) in [6.45, 7) is 1.39. The van der Waals surface area contributed by atoms with Crippen molar-refractivity contribution >= 4 is 39.7 Å². The third-order valence-electron chi connectivity index (χ3n) is 5.42. The lowest BCUT2D eigenvalue weighted by atomic mass is 10.1. The van der Waals surface area contributed by atoms with Gasteiger partial charge in [0, 0.05) is 16.7 Å². The molecule has 5 rings (SSSR count). The average molecular weight is 462 g/mol. The first-order valence-corrected chi connectivity index (χ1v) is 11.0. The van der Waals surface area contributed by atoms with Gasteiger partial charge >= 0.3 is 5.97 Å². The molecule has 1 aliphatic rings. The monoisotopic (exact) mass is 462 g/mol. The summed E-state index contributed by atoms with van der Waals surface area (Å²) in [6.07, 6.45) is 0.458. The highest BCUT2D eigenvalue weighted by atomic mass is 32.1. The first-order chi connectivity index (χ1) is 15.9. The number of aromatic carboxylic acids is 1. The Labute approximate surface area is 191 Å². The maximum Gasteiger partial charge on any atom is 0.357 e. The molecule has 0 fully saturated rings. The largest absolute Gasteiger partial charge is 0.476 e. The molecular weight excluding hydrogens is 444 g/mol. The molecule has 1 atom stereocenters. The summed E-state index contributed by atoms with van der Waals surface area (Å²) in [5, 5.41) is 21.7. The molecule has 1 aromatic carbocycles. The van der Waals surface area contributed by atoms with Crippen LogP contribution in [0, 0.1) is 6.92 Å². The van der Waals surface area contributed by atoms with Crippen molar-refractivity contribution in [2.24, 2.45) is 5.10 Å². The molecule has 9 nitrogen and oxygen atoms in total. The number of aromatic nitrogens is 2. The first kappa shape index (κ1) is 20.8. The Hall–Kier alpha value is -4.05. The predicted molar refractivity (Wildman–Crippen MR) is 121 cm³/mol. The number of amides is 1. The predicted octanol–water partition coefficient (Wildman–Crippen LogP) is 3.44. The summed E-state index contributed by atoms with van der Waals surface area (Å²) < 4.78 is 6.58. The quantitative estimate of drug-likeness (QED) is 0.485. The molecule has 0 aliphatic carbocycles. The van der Waals surface area contributed by atoms with E-state index in [0.29, 0.717) is 17.9 Å². The smallest absolute Gasteiger partial charge is 0.357 e. The number of carbonyl (C=O) groups excluding carboxylic acids is 1. The molecule has 33 heavy (non-hydrogen) atoms. The number of fused-ring (bicyclic) bond motifs is 1. The summed E-state index contributed by atoms with van der Waals surface area (Å²) >= 11 is 1.50. The number of nitrogens with zero attached hydrogens (tertiary/aromatic N) is 4. The molecule has 166 valence electrons. The van der Waals surface area contributed by atoms with Crippen LogP contribution in [0.15, 0.2) is 68.2 Å². The van der Waals surface area contributed by atoms with E-state index in [0.717, 1.165) is 15.3 Å². The zero-order chi connectivity index (χ0) is 23.1. The molecule has 3 aromatic heterocycles. The lowest BCUT2D eigenvalue weighted by Crippen LogP contribution is -2.35. The third-order valence-corrected chi connectivity index (χ3v) is 6.39. The van der Waals surface area contributed by atoms with Crippen LogP contribution in [0.3, 0.4) is 0 Å². The van der Waals surface area contributed by atoms with Crippen LogP contribution in [0.25, 0.3) is 10.8 Å². The number of carbonyl (C=O) groups is 2. The van der Waals surface area contributed by atoms with Gasteiger partial charge in [-0.25, -0.2) is 14.5 Å². The summed E-state index contributed by atoms with van der Waals surface area (Å²) in [4.78, 5) is 38.9. The molecule has 1 aliphatic heterocycles. The molecule has 10 heteroatoms. The van der Waals surface area contributed by atoms with Crippen molar-refractivity contribution in [2.75, 3.05) is 0 Å². The topological polar surface area (TPSA) is 118 Å². The van der Waals surface area contributed by atoms with Crippen LogP contribution in [-0.4, -0.2) is 37.5 Å². The SMILES string of the molecule is Cc1ccc(C2=NN(C(=O)Cn3nc(C(=O)O)c4ccccc4c3=O)[C@H](c3cccs3)C2)o1. The highest BCUT2D eigenvalue weighted by Crippen LogP contribution is 2.35.